The van der Waals surface area contributed by atoms with Crippen LogP contribution < -0.4 is 5.32 Å². The average molecular weight is 228 g/mol. The zero-order valence-corrected chi connectivity index (χ0v) is 8.62. The summed E-state index contributed by atoms with van der Waals surface area (Å²) in [5, 5.41) is 12.5. The SMILES string of the molecule is O=C(O)C1(Nc2ccccc2Cl)COC1. The number of para-hydroxylation sites is 1. The molecule has 0 spiro atoms. The molecule has 0 amide bonds. The van der Waals surface area contributed by atoms with Crippen LogP contribution in [0.2, 0.25) is 5.02 Å². The smallest absolute Gasteiger partial charge is 0.334 e. The molecule has 0 saturated carbocycles. The molecular weight excluding hydrogens is 218 g/mol. The van der Waals surface area contributed by atoms with Crippen molar-refractivity contribution in [3.8, 4) is 0 Å². The summed E-state index contributed by atoms with van der Waals surface area (Å²) in [4.78, 5) is 11.0. The molecule has 1 heterocycles. The van der Waals surface area contributed by atoms with Crippen molar-refractivity contribution < 1.29 is 14.6 Å². The fourth-order valence-corrected chi connectivity index (χ4v) is 1.56. The van der Waals surface area contributed by atoms with Crippen molar-refractivity contribution in [1.82, 2.24) is 0 Å². The number of hydrogen-bond acceptors (Lipinski definition) is 3. The first-order valence-electron chi connectivity index (χ1n) is 4.48. The topological polar surface area (TPSA) is 58.6 Å². The highest BCUT2D eigenvalue weighted by Crippen LogP contribution is 2.28. The molecule has 1 aliphatic rings. The summed E-state index contributed by atoms with van der Waals surface area (Å²) in [6.07, 6.45) is 0. The Kier molecular flexibility index (Phi) is 2.54. The van der Waals surface area contributed by atoms with Crippen LogP contribution in [0.25, 0.3) is 0 Å². The lowest BCUT2D eigenvalue weighted by Crippen LogP contribution is -2.61. The van der Waals surface area contributed by atoms with E-state index < -0.39 is 11.5 Å². The van der Waals surface area contributed by atoms with E-state index in [0.717, 1.165) is 0 Å². The van der Waals surface area contributed by atoms with Crippen LogP contribution in [0.1, 0.15) is 0 Å². The van der Waals surface area contributed by atoms with E-state index in [2.05, 4.69) is 5.32 Å². The first-order valence-corrected chi connectivity index (χ1v) is 4.86. The van der Waals surface area contributed by atoms with E-state index in [9.17, 15) is 4.79 Å². The molecule has 2 N–H and O–H groups in total. The molecule has 15 heavy (non-hydrogen) atoms. The van der Waals surface area contributed by atoms with Gasteiger partial charge in [0.25, 0.3) is 0 Å². The molecule has 1 aromatic rings. The van der Waals surface area contributed by atoms with Gasteiger partial charge in [-0.2, -0.15) is 0 Å². The Morgan fingerprint density at radius 3 is 2.60 bits per heavy atom. The quantitative estimate of drug-likeness (QED) is 0.824. The van der Waals surface area contributed by atoms with E-state index in [0.29, 0.717) is 10.7 Å². The van der Waals surface area contributed by atoms with E-state index in [1.807, 2.05) is 0 Å². The zero-order valence-electron chi connectivity index (χ0n) is 7.87. The Hall–Kier alpha value is -1.26. The van der Waals surface area contributed by atoms with Crippen molar-refractivity contribution >= 4 is 23.3 Å². The van der Waals surface area contributed by atoms with Gasteiger partial charge in [0.2, 0.25) is 0 Å². The van der Waals surface area contributed by atoms with Crippen LogP contribution in [0, 0.1) is 0 Å². The number of carbonyl (C=O) groups is 1. The molecule has 1 aliphatic heterocycles. The molecule has 80 valence electrons. The Bertz CT molecular complexity index is 390. The van der Waals surface area contributed by atoms with E-state index in [4.69, 9.17) is 21.4 Å². The highest BCUT2D eigenvalue weighted by atomic mass is 35.5. The lowest BCUT2D eigenvalue weighted by molar-refractivity contribution is -0.158. The number of benzene rings is 1. The Morgan fingerprint density at radius 2 is 2.13 bits per heavy atom. The summed E-state index contributed by atoms with van der Waals surface area (Å²) in [5.41, 5.74) is -0.407. The molecule has 0 aromatic heterocycles. The summed E-state index contributed by atoms with van der Waals surface area (Å²) < 4.78 is 4.93. The predicted octanol–water partition coefficient (Wildman–Crippen LogP) is 1.61. The van der Waals surface area contributed by atoms with Gasteiger partial charge in [0.05, 0.1) is 23.9 Å². The normalized spacial score (nSPS) is 17.9. The van der Waals surface area contributed by atoms with Crippen molar-refractivity contribution in [2.75, 3.05) is 18.5 Å². The zero-order chi connectivity index (χ0) is 10.9. The number of carboxylic acids is 1. The Morgan fingerprint density at radius 1 is 1.47 bits per heavy atom. The van der Waals surface area contributed by atoms with E-state index >= 15 is 0 Å². The van der Waals surface area contributed by atoms with E-state index in [1.54, 1.807) is 24.3 Å². The predicted molar refractivity (Wildman–Crippen MR) is 56.3 cm³/mol. The molecule has 0 aliphatic carbocycles. The average Bonchev–Trinajstić information content (AvgIpc) is 2.13. The minimum atomic E-state index is -1.02. The van der Waals surface area contributed by atoms with Crippen molar-refractivity contribution in [3.63, 3.8) is 0 Å². The minimum absolute atomic E-state index is 0.160. The fourth-order valence-electron chi connectivity index (χ4n) is 1.38. The highest BCUT2D eigenvalue weighted by molar-refractivity contribution is 6.33. The van der Waals surface area contributed by atoms with Crippen molar-refractivity contribution in [1.29, 1.82) is 0 Å². The molecule has 1 aromatic carbocycles. The largest absolute Gasteiger partial charge is 0.479 e. The van der Waals surface area contributed by atoms with Crippen LogP contribution in [0.4, 0.5) is 5.69 Å². The number of carboxylic acid groups (broad SMARTS) is 1. The molecule has 0 unspecified atom stereocenters. The molecule has 0 radical (unpaired) electrons. The van der Waals surface area contributed by atoms with E-state index in [-0.39, 0.29) is 13.2 Å². The van der Waals surface area contributed by atoms with Gasteiger partial charge in [-0.15, -0.1) is 0 Å². The molecule has 4 nitrogen and oxygen atoms in total. The standard InChI is InChI=1S/C10H10ClNO3/c11-7-3-1-2-4-8(7)12-10(9(13)14)5-15-6-10/h1-4,12H,5-6H2,(H,13,14). The van der Waals surface area contributed by atoms with Gasteiger partial charge in [-0.3, -0.25) is 0 Å². The molecule has 2 rings (SSSR count). The lowest BCUT2D eigenvalue weighted by atomic mass is 9.97. The second-order valence-corrected chi connectivity index (χ2v) is 3.89. The summed E-state index contributed by atoms with van der Waals surface area (Å²) in [5.74, 6) is -0.923. The summed E-state index contributed by atoms with van der Waals surface area (Å²) >= 11 is 5.92. The first-order chi connectivity index (χ1) is 7.14. The maximum atomic E-state index is 11.0. The number of nitrogens with one attached hydrogen (secondary N) is 1. The maximum Gasteiger partial charge on any atom is 0.334 e. The molecule has 1 saturated heterocycles. The van der Waals surface area contributed by atoms with Gasteiger partial charge >= 0.3 is 5.97 Å². The Labute approximate surface area is 91.8 Å². The van der Waals surface area contributed by atoms with Crippen LogP contribution in [0.15, 0.2) is 24.3 Å². The third-order valence-electron chi connectivity index (χ3n) is 2.35. The summed E-state index contributed by atoms with van der Waals surface area (Å²) in [6.45, 7) is 0.321. The highest BCUT2D eigenvalue weighted by Gasteiger charge is 2.46. The molecule has 0 bridgehead atoms. The van der Waals surface area contributed by atoms with E-state index in [1.165, 1.54) is 0 Å². The van der Waals surface area contributed by atoms with Gasteiger partial charge in [-0.25, -0.2) is 4.79 Å². The first kappa shape index (κ1) is 10.3. The van der Waals surface area contributed by atoms with Gasteiger partial charge in [0, 0.05) is 0 Å². The number of hydrogen-bond donors (Lipinski definition) is 2. The minimum Gasteiger partial charge on any atom is -0.479 e. The van der Waals surface area contributed by atoms with Crippen LogP contribution in [0.3, 0.4) is 0 Å². The monoisotopic (exact) mass is 227 g/mol. The van der Waals surface area contributed by atoms with Gasteiger partial charge < -0.3 is 15.2 Å². The molecule has 0 atom stereocenters. The molecule has 1 fully saturated rings. The maximum absolute atomic E-state index is 11.0. The number of rotatable bonds is 3. The number of aliphatic carboxylic acids is 1. The number of halogens is 1. The lowest BCUT2D eigenvalue weighted by Gasteiger charge is -2.38. The van der Waals surface area contributed by atoms with Crippen LogP contribution in [0.5, 0.6) is 0 Å². The second kappa shape index (κ2) is 3.72. The van der Waals surface area contributed by atoms with Crippen LogP contribution in [-0.4, -0.2) is 29.8 Å². The van der Waals surface area contributed by atoms with Gasteiger partial charge in [-0.05, 0) is 12.1 Å². The number of anilines is 1. The van der Waals surface area contributed by atoms with Crippen molar-refractivity contribution in [2.45, 2.75) is 5.54 Å². The fraction of sp³-hybridized carbons (Fsp3) is 0.300. The van der Waals surface area contributed by atoms with Crippen LogP contribution >= 0.6 is 11.6 Å². The summed E-state index contributed by atoms with van der Waals surface area (Å²) in [6, 6.07) is 7.03. The van der Waals surface area contributed by atoms with Gasteiger partial charge in [-0.1, -0.05) is 23.7 Å². The molecular formula is C10H10ClNO3. The third kappa shape index (κ3) is 1.78. The number of ether oxygens (including phenoxy) is 1. The van der Waals surface area contributed by atoms with Crippen molar-refractivity contribution in [2.24, 2.45) is 0 Å². The van der Waals surface area contributed by atoms with Gasteiger partial charge in [0.15, 0.2) is 5.54 Å². The summed E-state index contributed by atoms with van der Waals surface area (Å²) in [7, 11) is 0. The van der Waals surface area contributed by atoms with Crippen LogP contribution in [-0.2, 0) is 9.53 Å². The second-order valence-electron chi connectivity index (χ2n) is 3.48. The Balaban J connectivity index is 2.21. The van der Waals surface area contributed by atoms with Crippen molar-refractivity contribution in [3.05, 3.63) is 29.3 Å². The van der Waals surface area contributed by atoms with Gasteiger partial charge in [0.1, 0.15) is 0 Å². The molecule has 5 heteroatoms. The third-order valence-corrected chi connectivity index (χ3v) is 2.68.